The van der Waals surface area contributed by atoms with Crippen LogP contribution < -0.4 is 5.32 Å². The summed E-state index contributed by atoms with van der Waals surface area (Å²) in [6.45, 7) is 1.99. The average molecular weight is 301 g/mol. The minimum absolute atomic E-state index is 0.0545. The van der Waals surface area contributed by atoms with E-state index in [9.17, 15) is 9.18 Å². The number of nitrogens with one attached hydrogen (secondary N) is 1. The molecule has 3 heteroatoms. The zero-order chi connectivity index (χ0) is 15.3. The molecular weight excluding hydrogens is 277 g/mol. The monoisotopic (exact) mass is 301 g/mol. The summed E-state index contributed by atoms with van der Waals surface area (Å²) >= 11 is 0. The summed E-state index contributed by atoms with van der Waals surface area (Å²) in [5, 5.41) is 3.21. The van der Waals surface area contributed by atoms with E-state index in [1.54, 1.807) is 12.1 Å². The highest BCUT2D eigenvalue weighted by atomic mass is 19.1. The van der Waals surface area contributed by atoms with Gasteiger partial charge in [0, 0.05) is 5.41 Å². The van der Waals surface area contributed by atoms with Gasteiger partial charge >= 0.3 is 0 Å². The minimum Gasteiger partial charge on any atom is -0.349 e. The van der Waals surface area contributed by atoms with Crippen molar-refractivity contribution in [3.05, 3.63) is 35.6 Å². The molecule has 1 N–H and O–H groups in total. The normalized spacial score (nSPS) is 37.1. The highest BCUT2D eigenvalue weighted by Gasteiger charge is 2.54. The molecule has 1 amide bonds. The first-order valence-corrected chi connectivity index (χ1v) is 8.60. The van der Waals surface area contributed by atoms with E-state index in [0.29, 0.717) is 0 Å². The van der Waals surface area contributed by atoms with Gasteiger partial charge in [-0.25, -0.2) is 4.39 Å². The summed E-state index contributed by atoms with van der Waals surface area (Å²) in [5.74, 6) is 2.33. The average Bonchev–Trinajstić information content (AvgIpc) is 2.46. The molecule has 4 saturated carbocycles. The molecule has 0 heterocycles. The molecule has 0 spiro atoms. The van der Waals surface area contributed by atoms with Crippen molar-refractivity contribution in [2.45, 2.75) is 51.5 Å². The summed E-state index contributed by atoms with van der Waals surface area (Å²) in [7, 11) is 0. The Balaban J connectivity index is 1.49. The number of rotatable bonds is 3. The van der Waals surface area contributed by atoms with Crippen LogP contribution in [0.4, 0.5) is 4.39 Å². The van der Waals surface area contributed by atoms with Crippen molar-refractivity contribution in [1.82, 2.24) is 5.32 Å². The second-order valence-electron chi connectivity index (χ2n) is 7.94. The molecule has 1 aromatic rings. The van der Waals surface area contributed by atoms with Gasteiger partial charge in [0.15, 0.2) is 0 Å². The summed E-state index contributed by atoms with van der Waals surface area (Å²) in [6, 6.07) is 6.40. The zero-order valence-electron chi connectivity index (χ0n) is 13.1. The number of amides is 1. The van der Waals surface area contributed by atoms with Gasteiger partial charge in [-0.3, -0.25) is 4.79 Å². The van der Waals surface area contributed by atoms with Crippen LogP contribution in [0.15, 0.2) is 24.3 Å². The van der Waals surface area contributed by atoms with Crippen molar-refractivity contribution in [3.63, 3.8) is 0 Å². The third kappa shape index (κ3) is 2.35. The fraction of sp³-hybridized carbons (Fsp3) is 0.632. The molecule has 4 fully saturated rings. The second kappa shape index (κ2) is 5.07. The van der Waals surface area contributed by atoms with Gasteiger partial charge in [-0.05, 0) is 80.9 Å². The van der Waals surface area contributed by atoms with Gasteiger partial charge < -0.3 is 5.32 Å². The fourth-order valence-electron chi connectivity index (χ4n) is 5.57. The molecule has 4 aliphatic carbocycles. The Labute approximate surface area is 131 Å². The Bertz CT molecular complexity index is 544. The molecule has 4 bridgehead atoms. The van der Waals surface area contributed by atoms with Crippen LogP contribution >= 0.6 is 0 Å². The first-order valence-electron chi connectivity index (χ1n) is 8.60. The maximum atomic E-state index is 13.0. The fourth-order valence-corrected chi connectivity index (χ4v) is 5.57. The molecule has 118 valence electrons. The van der Waals surface area contributed by atoms with Crippen LogP contribution in [0.5, 0.6) is 0 Å². The van der Waals surface area contributed by atoms with E-state index < -0.39 is 0 Å². The van der Waals surface area contributed by atoms with Crippen LogP contribution in [0.2, 0.25) is 0 Å². The lowest BCUT2D eigenvalue weighted by atomic mass is 9.49. The quantitative estimate of drug-likeness (QED) is 0.890. The van der Waals surface area contributed by atoms with Crippen LogP contribution in [0.25, 0.3) is 0 Å². The number of hydrogen-bond acceptors (Lipinski definition) is 1. The van der Waals surface area contributed by atoms with Gasteiger partial charge in [-0.15, -0.1) is 0 Å². The van der Waals surface area contributed by atoms with Crippen LogP contribution in [0.3, 0.4) is 0 Å². The minimum atomic E-state index is -0.233. The summed E-state index contributed by atoms with van der Waals surface area (Å²) in [5.41, 5.74) is 0.864. The Hall–Kier alpha value is -1.38. The van der Waals surface area contributed by atoms with Gasteiger partial charge in [-0.2, -0.15) is 0 Å². The van der Waals surface area contributed by atoms with Crippen LogP contribution in [-0.2, 0) is 4.79 Å². The number of benzene rings is 1. The van der Waals surface area contributed by atoms with Crippen LogP contribution in [0, 0.1) is 29.0 Å². The summed E-state index contributed by atoms with van der Waals surface area (Å²) in [6.07, 6.45) is 7.29. The van der Waals surface area contributed by atoms with Crippen molar-refractivity contribution in [3.8, 4) is 0 Å². The highest BCUT2D eigenvalue weighted by Crippen LogP contribution is 2.60. The lowest BCUT2D eigenvalue weighted by Crippen LogP contribution is -2.53. The van der Waals surface area contributed by atoms with E-state index in [4.69, 9.17) is 0 Å². The lowest BCUT2D eigenvalue weighted by Gasteiger charge is -2.55. The van der Waals surface area contributed by atoms with Crippen LogP contribution in [0.1, 0.15) is 57.1 Å². The summed E-state index contributed by atoms with van der Waals surface area (Å²) < 4.78 is 13.0. The van der Waals surface area contributed by atoms with Crippen molar-refractivity contribution in [2.75, 3.05) is 0 Å². The molecule has 0 radical (unpaired) electrons. The number of hydrogen-bond donors (Lipinski definition) is 1. The van der Waals surface area contributed by atoms with Crippen molar-refractivity contribution in [1.29, 1.82) is 0 Å². The van der Waals surface area contributed by atoms with E-state index in [1.807, 2.05) is 6.92 Å². The van der Waals surface area contributed by atoms with Crippen molar-refractivity contribution < 1.29 is 9.18 Å². The molecule has 4 aliphatic rings. The summed E-state index contributed by atoms with van der Waals surface area (Å²) in [4.78, 5) is 13.0. The molecular formula is C19H24FNO. The number of halogens is 1. The molecule has 1 atom stereocenters. The maximum absolute atomic E-state index is 13.0. The van der Waals surface area contributed by atoms with Crippen molar-refractivity contribution in [2.24, 2.45) is 23.2 Å². The van der Waals surface area contributed by atoms with Gasteiger partial charge in [0.1, 0.15) is 5.82 Å². The van der Waals surface area contributed by atoms with Gasteiger partial charge in [0.25, 0.3) is 0 Å². The molecule has 0 unspecified atom stereocenters. The molecule has 5 rings (SSSR count). The van der Waals surface area contributed by atoms with E-state index in [2.05, 4.69) is 5.32 Å². The van der Waals surface area contributed by atoms with Crippen molar-refractivity contribution >= 4 is 5.91 Å². The molecule has 0 saturated heterocycles. The maximum Gasteiger partial charge on any atom is 0.226 e. The first kappa shape index (κ1) is 14.2. The SMILES string of the molecule is C[C@H](NC(=O)C12CC3CC(CC(C3)C1)C2)c1ccc(F)cc1. The lowest BCUT2D eigenvalue weighted by molar-refractivity contribution is -0.147. The number of carbonyl (C=O) groups excluding carboxylic acids is 1. The molecule has 1 aromatic carbocycles. The highest BCUT2D eigenvalue weighted by molar-refractivity contribution is 5.83. The second-order valence-corrected chi connectivity index (χ2v) is 7.94. The first-order chi connectivity index (χ1) is 10.5. The third-order valence-corrected chi connectivity index (χ3v) is 6.24. The third-order valence-electron chi connectivity index (χ3n) is 6.24. The van der Waals surface area contributed by atoms with Gasteiger partial charge in [0.2, 0.25) is 5.91 Å². The van der Waals surface area contributed by atoms with Gasteiger partial charge in [-0.1, -0.05) is 12.1 Å². The Morgan fingerprint density at radius 3 is 2.09 bits per heavy atom. The topological polar surface area (TPSA) is 29.1 Å². The predicted octanol–water partition coefficient (Wildman–Crippen LogP) is 4.22. The van der Waals surface area contributed by atoms with Gasteiger partial charge in [0.05, 0.1) is 6.04 Å². The molecule has 22 heavy (non-hydrogen) atoms. The van der Waals surface area contributed by atoms with E-state index in [-0.39, 0.29) is 23.2 Å². The molecule has 0 aliphatic heterocycles. The largest absolute Gasteiger partial charge is 0.349 e. The zero-order valence-corrected chi connectivity index (χ0v) is 13.1. The Morgan fingerprint density at radius 2 is 1.59 bits per heavy atom. The number of carbonyl (C=O) groups is 1. The smallest absolute Gasteiger partial charge is 0.226 e. The van der Waals surface area contributed by atoms with E-state index in [0.717, 1.165) is 42.6 Å². The van der Waals surface area contributed by atoms with E-state index in [1.165, 1.54) is 31.4 Å². The van der Waals surface area contributed by atoms with E-state index >= 15 is 0 Å². The Kier molecular flexibility index (Phi) is 3.28. The standard InChI is InChI=1S/C19H24FNO/c1-12(16-2-4-17(20)5-3-16)21-18(22)19-9-13-6-14(10-19)8-15(7-13)11-19/h2-5,12-15H,6-11H2,1H3,(H,21,22)/t12-,13?,14?,15?,19?/m0/s1. The molecule has 2 nitrogen and oxygen atoms in total. The Morgan fingerprint density at radius 1 is 1.09 bits per heavy atom. The predicted molar refractivity (Wildman–Crippen MR) is 83.6 cm³/mol. The van der Waals surface area contributed by atoms with Crippen LogP contribution in [-0.4, -0.2) is 5.91 Å². The molecule has 0 aromatic heterocycles.